The summed E-state index contributed by atoms with van der Waals surface area (Å²) >= 11 is -1.33. The number of nitrogens with zero attached hydrogens (tertiary/aromatic N) is 1. The summed E-state index contributed by atoms with van der Waals surface area (Å²) in [5.74, 6) is -0.535. The van der Waals surface area contributed by atoms with Crippen LogP contribution < -0.4 is 10.3 Å². The number of carbonyl (C=O) groups excluding carboxylic acids is 1. The highest BCUT2D eigenvalue weighted by molar-refractivity contribution is 7.91. The zero-order valence-corrected chi connectivity index (χ0v) is 23.9. The van der Waals surface area contributed by atoms with Crippen molar-refractivity contribution in [3.8, 4) is 11.1 Å². The number of halogens is 1. The number of aromatic nitrogens is 1. The molecule has 2 atom stereocenters. The minimum Gasteiger partial charge on any atom is -0.598 e. The lowest BCUT2D eigenvalue weighted by atomic mass is 9.89. The third-order valence-corrected chi connectivity index (χ3v) is 10.3. The summed E-state index contributed by atoms with van der Waals surface area (Å²) < 4.78 is 56.2. The maximum atomic E-state index is 13.6. The summed E-state index contributed by atoms with van der Waals surface area (Å²) in [7, 11) is -1.74. The van der Waals surface area contributed by atoms with E-state index in [0.717, 1.165) is 12.8 Å². The van der Waals surface area contributed by atoms with Crippen LogP contribution in [0.1, 0.15) is 72.6 Å². The van der Waals surface area contributed by atoms with Gasteiger partial charge in [0.1, 0.15) is 11.6 Å². The third-order valence-electron chi connectivity index (χ3n) is 6.84. The number of aryl methyl sites for hydroxylation is 1. The van der Waals surface area contributed by atoms with Crippen molar-refractivity contribution in [1.82, 2.24) is 9.29 Å². The van der Waals surface area contributed by atoms with E-state index < -0.39 is 33.1 Å². The number of sulfone groups is 1. The second kappa shape index (κ2) is 12.2. The van der Waals surface area contributed by atoms with Crippen molar-refractivity contribution in [3.05, 3.63) is 93.2 Å². The maximum Gasteiger partial charge on any atom is 0.250 e. The Morgan fingerprint density at radius 1 is 1.15 bits per heavy atom. The average molecular weight is 573 g/mol. The first-order chi connectivity index (χ1) is 18.5. The number of rotatable bonds is 12. The predicted octanol–water partition coefficient (Wildman–Crippen LogP) is 4.61. The Labute approximate surface area is 231 Å². The van der Waals surface area contributed by atoms with Gasteiger partial charge < -0.3 is 9.12 Å². The van der Waals surface area contributed by atoms with Crippen LogP contribution in [-0.4, -0.2) is 34.3 Å². The zero-order chi connectivity index (χ0) is 28.3. The molecule has 1 aliphatic carbocycles. The fraction of sp³-hybridized carbons (Fsp3) is 0.379. The third kappa shape index (κ3) is 7.05. The Morgan fingerprint density at radius 3 is 2.49 bits per heavy atom. The van der Waals surface area contributed by atoms with E-state index in [9.17, 15) is 27.0 Å². The van der Waals surface area contributed by atoms with Gasteiger partial charge in [0.2, 0.25) is 0 Å². The lowest BCUT2D eigenvalue weighted by molar-refractivity contribution is 0.103. The monoisotopic (exact) mass is 572 g/mol. The molecule has 208 valence electrons. The van der Waals surface area contributed by atoms with Gasteiger partial charge in [-0.15, -0.1) is 4.72 Å². The van der Waals surface area contributed by atoms with E-state index in [2.05, 4.69) is 4.72 Å². The summed E-state index contributed by atoms with van der Waals surface area (Å²) in [6, 6.07) is 11.1. The van der Waals surface area contributed by atoms with E-state index >= 15 is 0 Å². The molecular formula is C29H33FN2O5S2. The van der Waals surface area contributed by atoms with Gasteiger partial charge in [-0.25, -0.2) is 12.8 Å². The fourth-order valence-electron chi connectivity index (χ4n) is 4.46. The average Bonchev–Trinajstić information content (AvgIpc) is 3.75. The second-order valence-electron chi connectivity index (χ2n) is 10.1. The summed E-state index contributed by atoms with van der Waals surface area (Å²) in [5.41, 5.74) is 2.34. The van der Waals surface area contributed by atoms with Crippen molar-refractivity contribution in [3.63, 3.8) is 0 Å². The molecule has 0 amide bonds. The number of hydrogen-bond acceptors (Lipinski definition) is 6. The van der Waals surface area contributed by atoms with Crippen LogP contribution in [0.2, 0.25) is 0 Å². The zero-order valence-electron chi connectivity index (χ0n) is 22.3. The number of benzene rings is 2. The number of unbranched alkanes of at least 4 members (excludes halogenated alkanes) is 1. The molecule has 1 saturated carbocycles. The molecule has 4 rings (SSSR count). The fourth-order valence-corrected chi connectivity index (χ4v) is 7.38. The van der Waals surface area contributed by atoms with Gasteiger partial charge in [0.05, 0.1) is 17.0 Å². The van der Waals surface area contributed by atoms with E-state index in [4.69, 9.17) is 0 Å². The first-order valence-electron chi connectivity index (χ1n) is 13.0. The highest BCUT2D eigenvalue weighted by Crippen LogP contribution is 2.35. The molecule has 1 N–H and O–H groups in total. The first-order valence-corrected chi connectivity index (χ1v) is 16.0. The molecule has 1 heterocycles. The van der Waals surface area contributed by atoms with Crippen LogP contribution in [0, 0.1) is 5.82 Å². The summed E-state index contributed by atoms with van der Waals surface area (Å²) in [6.45, 7) is 3.81. The molecule has 1 aliphatic rings. The van der Waals surface area contributed by atoms with Gasteiger partial charge in [-0.05, 0) is 73.2 Å². The minimum absolute atomic E-state index is 0.161. The number of ketones is 1. The minimum atomic E-state index is -3.33. The van der Waals surface area contributed by atoms with Gasteiger partial charge in [0, 0.05) is 47.4 Å². The van der Waals surface area contributed by atoms with Gasteiger partial charge in [0.25, 0.3) is 5.56 Å². The normalized spacial score (nSPS) is 15.2. The molecule has 0 bridgehead atoms. The standard InChI is InChI=1S/C29H33FN2O5S2/c1-4-5-14-38(35)31-19(2)25-16-28(33)32(3)17-27(25)26-15-20(18-39(36,37)23-11-12-23)6-13-24(26)29(34)21-7-9-22(30)10-8-21/h6-10,13,15-17,19,23,31H,4-5,11-12,14,18H2,1-3H3/t19-,38?/m0/s1. The van der Waals surface area contributed by atoms with Crippen LogP contribution in [0.15, 0.2) is 59.5 Å². The molecule has 10 heteroatoms. The van der Waals surface area contributed by atoms with Crippen molar-refractivity contribution in [1.29, 1.82) is 0 Å². The Bertz CT molecular complexity index is 1520. The largest absolute Gasteiger partial charge is 0.598 e. The van der Waals surface area contributed by atoms with Crippen molar-refractivity contribution >= 4 is 27.0 Å². The van der Waals surface area contributed by atoms with Crippen LogP contribution >= 0.6 is 0 Å². The molecule has 0 saturated heterocycles. The Hall–Kier alpha value is -2.79. The number of carbonyl (C=O) groups is 1. The summed E-state index contributed by atoms with van der Waals surface area (Å²) in [5, 5.41) is -0.336. The SMILES string of the molecule is CCCC[S+]([O-])N[C@@H](C)c1cc(=O)n(C)cc1-c1cc(CS(=O)(=O)C2CC2)ccc1C(=O)c1ccc(F)cc1. The molecule has 1 fully saturated rings. The lowest BCUT2D eigenvalue weighted by Gasteiger charge is -2.22. The van der Waals surface area contributed by atoms with Crippen molar-refractivity contribution < 1.29 is 22.2 Å². The molecule has 0 radical (unpaired) electrons. The predicted molar refractivity (Wildman–Crippen MR) is 152 cm³/mol. The molecule has 0 spiro atoms. The van der Waals surface area contributed by atoms with Crippen LogP contribution in [0.4, 0.5) is 4.39 Å². The molecule has 1 aromatic heterocycles. The summed E-state index contributed by atoms with van der Waals surface area (Å²) in [6.07, 6.45) is 4.59. The molecule has 1 unspecified atom stereocenters. The Kier molecular flexibility index (Phi) is 9.10. The maximum absolute atomic E-state index is 13.6. The van der Waals surface area contributed by atoms with E-state index in [1.165, 1.54) is 34.9 Å². The lowest BCUT2D eigenvalue weighted by Crippen LogP contribution is -2.30. The van der Waals surface area contributed by atoms with Gasteiger partial charge >= 0.3 is 0 Å². The second-order valence-corrected chi connectivity index (χ2v) is 13.7. The molecule has 39 heavy (non-hydrogen) atoms. The van der Waals surface area contributed by atoms with Crippen molar-refractivity contribution in [2.75, 3.05) is 5.75 Å². The number of nitrogens with one attached hydrogen (secondary N) is 1. The van der Waals surface area contributed by atoms with E-state index in [1.54, 1.807) is 38.4 Å². The highest BCUT2D eigenvalue weighted by Gasteiger charge is 2.35. The Morgan fingerprint density at radius 2 is 1.85 bits per heavy atom. The van der Waals surface area contributed by atoms with Gasteiger partial charge in [-0.2, -0.15) is 0 Å². The van der Waals surface area contributed by atoms with Crippen LogP contribution in [-0.2, 0) is 34.0 Å². The molecule has 2 aromatic carbocycles. The van der Waals surface area contributed by atoms with E-state index in [0.29, 0.717) is 40.8 Å². The molecular weight excluding hydrogens is 539 g/mol. The van der Waals surface area contributed by atoms with Gasteiger partial charge in [-0.1, -0.05) is 25.5 Å². The van der Waals surface area contributed by atoms with Crippen LogP contribution in [0.5, 0.6) is 0 Å². The smallest absolute Gasteiger partial charge is 0.250 e. The van der Waals surface area contributed by atoms with Crippen molar-refractivity contribution in [2.45, 2.75) is 56.6 Å². The first kappa shape index (κ1) is 29.2. The van der Waals surface area contributed by atoms with Crippen molar-refractivity contribution in [2.24, 2.45) is 7.05 Å². The van der Waals surface area contributed by atoms with E-state index in [-0.39, 0.29) is 33.5 Å². The summed E-state index contributed by atoms with van der Waals surface area (Å²) in [4.78, 5) is 26.3. The molecule has 7 nitrogen and oxygen atoms in total. The van der Waals surface area contributed by atoms with Crippen LogP contribution in [0.3, 0.4) is 0 Å². The van der Waals surface area contributed by atoms with E-state index in [1.807, 2.05) is 6.92 Å². The number of pyridine rings is 1. The van der Waals surface area contributed by atoms with Gasteiger partial charge in [0.15, 0.2) is 15.6 Å². The quantitative estimate of drug-likeness (QED) is 0.251. The van der Waals surface area contributed by atoms with Crippen LogP contribution in [0.25, 0.3) is 11.1 Å². The Balaban J connectivity index is 1.85. The van der Waals surface area contributed by atoms with Gasteiger partial charge in [-0.3, -0.25) is 9.59 Å². The highest BCUT2D eigenvalue weighted by atomic mass is 32.2. The number of hydrogen-bond donors (Lipinski definition) is 1. The molecule has 3 aromatic rings. The molecule has 0 aliphatic heterocycles. The topological polar surface area (TPSA) is 108 Å².